The van der Waals surface area contributed by atoms with E-state index in [1.807, 2.05) is 35.2 Å². The minimum absolute atomic E-state index is 0.0331. The van der Waals surface area contributed by atoms with Gasteiger partial charge < -0.3 is 14.5 Å². The van der Waals surface area contributed by atoms with Crippen molar-refractivity contribution in [3.8, 4) is 5.75 Å². The van der Waals surface area contributed by atoms with Gasteiger partial charge in [-0.3, -0.25) is 9.59 Å². The molecule has 0 bridgehead atoms. The van der Waals surface area contributed by atoms with Crippen LogP contribution in [-0.2, 0) is 16.0 Å². The van der Waals surface area contributed by atoms with Crippen LogP contribution in [0.4, 0.5) is 0 Å². The van der Waals surface area contributed by atoms with Gasteiger partial charge in [0, 0.05) is 32.6 Å². The first-order valence-electron chi connectivity index (χ1n) is 9.41. The van der Waals surface area contributed by atoms with Crippen LogP contribution >= 0.6 is 0 Å². The zero-order valence-corrected chi connectivity index (χ0v) is 15.8. The van der Waals surface area contributed by atoms with Gasteiger partial charge in [0.2, 0.25) is 5.91 Å². The van der Waals surface area contributed by atoms with Crippen LogP contribution in [0.25, 0.3) is 0 Å². The molecule has 5 heteroatoms. The number of para-hydroxylation sites is 1. The summed E-state index contributed by atoms with van der Waals surface area (Å²) in [7, 11) is 0. The van der Waals surface area contributed by atoms with Crippen LogP contribution in [0, 0.1) is 6.92 Å². The molecule has 1 saturated heterocycles. The zero-order valence-electron chi connectivity index (χ0n) is 15.8. The lowest BCUT2D eigenvalue weighted by Crippen LogP contribution is -2.51. The molecule has 27 heavy (non-hydrogen) atoms. The van der Waals surface area contributed by atoms with E-state index < -0.39 is 0 Å². The molecule has 0 saturated carbocycles. The van der Waals surface area contributed by atoms with Crippen LogP contribution in [0.2, 0.25) is 0 Å². The van der Waals surface area contributed by atoms with Gasteiger partial charge in [0.15, 0.2) is 6.61 Å². The van der Waals surface area contributed by atoms with Crippen LogP contribution in [0.5, 0.6) is 5.75 Å². The summed E-state index contributed by atoms with van der Waals surface area (Å²) in [5, 5.41) is 0. The number of ether oxygens (including phenoxy) is 1. The van der Waals surface area contributed by atoms with Crippen molar-refractivity contribution in [1.82, 2.24) is 9.80 Å². The molecule has 2 aromatic carbocycles. The van der Waals surface area contributed by atoms with E-state index in [4.69, 9.17) is 4.74 Å². The SMILES string of the molecule is Cc1ccc(CCC(=O)N2CCN(C(=O)COc3ccccc3)CC2)cc1. The smallest absolute Gasteiger partial charge is 0.260 e. The molecule has 2 amide bonds. The summed E-state index contributed by atoms with van der Waals surface area (Å²) in [5.41, 5.74) is 2.41. The molecular weight excluding hydrogens is 340 g/mol. The molecule has 1 aliphatic rings. The van der Waals surface area contributed by atoms with Gasteiger partial charge >= 0.3 is 0 Å². The van der Waals surface area contributed by atoms with Crippen LogP contribution in [0.3, 0.4) is 0 Å². The Balaban J connectivity index is 1.39. The molecule has 1 aliphatic heterocycles. The van der Waals surface area contributed by atoms with Gasteiger partial charge in [-0.2, -0.15) is 0 Å². The average Bonchev–Trinajstić information content (AvgIpc) is 2.72. The predicted molar refractivity (Wildman–Crippen MR) is 105 cm³/mol. The van der Waals surface area contributed by atoms with Gasteiger partial charge in [0.25, 0.3) is 5.91 Å². The van der Waals surface area contributed by atoms with Gasteiger partial charge in [-0.1, -0.05) is 48.0 Å². The van der Waals surface area contributed by atoms with Crippen molar-refractivity contribution >= 4 is 11.8 Å². The van der Waals surface area contributed by atoms with Gasteiger partial charge in [-0.05, 0) is 31.0 Å². The van der Waals surface area contributed by atoms with E-state index in [1.165, 1.54) is 11.1 Å². The normalized spacial score (nSPS) is 14.1. The zero-order chi connectivity index (χ0) is 19.1. The number of aryl methyl sites for hydroxylation is 2. The highest BCUT2D eigenvalue weighted by Crippen LogP contribution is 2.11. The number of piperazine rings is 1. The molecule has 1 fully saturated rings. The Morgan fingerprint density at radius 1 is 0.852 bits per heavy atom. The van der Waals surface area contributed by atoms with Crippen molar-refractivity contribution in [2.45, 2.75) is 19.8 Å². The first-order chi connectivity index (χ1) is 13.1. The van der Waals surface area contributed by atoms with Crippen LogP contribution in [-0.4, -0.2) is 54.4 Å². The Hall–Kier alpha value is -2.82. The van der Waals surface area contributed by atoms with Gasteiger partial charge in [-0.25, -0.2) is 0 Å². The van der Waals surface area contributed by atoms with E-state index in [0.29, 0.717) is 38.3 Å². The summed E-state index contributed by atoms with van der Waals surface area (Å²) in [5.74, 6) is 0.810. The number of carbonyl (C=O) groups is 2. The lowest BCUT2D eigenvalue weighted by atomic mass is 10.1. The molecule has 2 aromatic rings. The highest BCUT2D eigenvalue weighted by atomic mass is 16.5. The largest absolute Gasteiger partial charge is 0.484 e. The number of benzene rings is 2. The summed E-state index contributed by atoms with van der Waals surface area (Å²) in [4.78, 5) is 28.3. The maximum atomic E-state index is 12.4. The summed E-state index contributed by atoms with van der Waals surface area (Å²) in [6.07, 6.45) is 1.26. The number of amides is 2. The predicted octanol–water partition coefficient (Wildman–Crippen LogP) is 2.68. The molecule has 142 valence electrons. The third-order valence-electron chi connectivity index (χ3n) is 4.84. The minimum Gasteiger partial charge on any atom is -0.484 e. The minimum atomic E-state index is -0.0365. The maximum absolute atomic E-state index is 12.4. The Labute approximate surface area is 160 Å². The second-order valence-electron chi connectivity index (χ2n) is 6.85. The molecule has 0 unspecified atom stereocenters. The van der Waals surface area contributed by atoms with E-state index in [2.05, 4.69) is 31.2 Å². The molecule has 0 radical (unpaired) electrons. The van der Waals surface area contributed by atoms with Crippen molar-refractivity contribution in [3.63, 3.8) is 0 Å². The Morgan fingerprint density at radius 3 is 2.07 bits per heavy atom. The van der Waals surface area contributed by atoms with Crippen LogP contribution < -0.4 is 4.74 Å². The van der Waals surface area contributed by atoms with Crippen molar-refractivity contribution in [3.05, 3.63) is 65.7 Å². The Kier molecular flexibility index (Phi) is 6.47. The average molecular weight is 366 g/mol. The summed E-state index contributed by atoms with van der Waals surface area (Å²) >= 11 is 0. The van der Waals surface area contributed by atoms with E-state index in [-0.39, 0.29) is 18.4 Å². The van der Waals surface area contributed by atoms with Crippen molar-refractivity contribution in [2.75, 3.05) is 32.8 Å². The number of rotatable bonds is 6. The van der Waals surface area contributed by atoms with Gasteiger partial charge in [0.1, 0.15) is 5.75 Å². The molecule has 0 aliphatic carbocycles. The number of nitrogens with zero attached hydrogens (tertiary/aromatic N) is 2. The Bertz CT molecular complexity index is 751. The van der Waals surface area contributed by atoms with Crippen molar-refractivity contribution in [2.24, 2.45) is 0 Å². The highest BCUT2D eigenvalue weighted by Gasteiger charge is 2.24. The van der Waals surface area contributed by atoms with E-state index in [0.717, 1.165) is 6.42 Å². The topological polar surface area (TPSA) is 49.9 Å². The molecule has 0 spiro atoms. The first kappa shape index (κ1) is 19.0. The van der Waals surface area contributed by atoms with Crippen molar-refractivity contribution in [1.29, 1.82) is 0 Å². The lowest BCUT2D eigenvalue weighted by Gasteiger charge is -2.34. The Morgan fingerprint density at radius 2 is 1.44 bits per heavy atom. The van der Waals surface area contributed by atoms with Gasteiger partial charge in [0.05, 0.1) is 0 Å². The number of carbonyl (C=O) groups excluding carboxylic acids is 2. The standard InChI is InChI=1S/C22H26N2O3/c1-18-7-9-19(10-8-18)11-12-21(25)23-13-15-24(16-14-23)22(26)17-27-20-5-3-2-4-6-20/h2-10H,11-17H2,1H3. The number of hydrogen-bond acceptors (Lipinski definition) is 3. The highest BCUT2D eigenvalue weighted by molar-refractivity contribution is 5.79. The summed E-state index contributed by atoms with van der Waals surface area (Å²) in [6, 6.07) is 17.6. The van der Waals surface area contributed by atoms with Gasteiger partial charge in [-0.15, -0.1) is 0 Å². The second kappa shape index (κ2) is 9.21. The fourth-order valence-electron chi connectivity index (χ4n) is 3.12. The van der Waals surface area contributed by atoms with E-state index in [1.54, 1.807) is 4.90 Å². The molecular formula is C22H26N2O3. The maximum Gasteiger partial charge on any atom is 0.260 e. The molecule has 5 nitrogen and oxygen atoms in total. The first-order valence-corrected chi connectivity index (χ1v) is 9.41. The fourth-order valence-corrected chi connectivity index (χ4v) is 3.12. The summed E-state index contributed by atoms with van der Waals surface area (Å²) in [6.45, 7) is 4.39. The second-order valence-corrected chi connectivity index (χ2v) is 6.85. The lowest BCUT2D eigenvalue weighted by molar-refractivity contribution is -0.140. The monoisotopic (exact) mass is 366 g/mol. The summed E-state index contributed by atoms with van der Waals surface area (Å²) < 4.78 is 5.52. The van der Waals surface area contributed by atoms with Crippen LogP contribution in [0.1, 0.15) is 17.5 Å². The molecule has 0 aromatic heterocycles. The molecule has 3 rings (SSSR count). The van der Waals surface area contributed by atoms with E-state index in [9.17, 15) is 9.59 Å². The molecule has 0 N–H and O–H groups in total. The van der Waals surface area contributed by atoms with Crippen LogP contribution in [0.15, 0.2) is 54.6 Å². The van der Waals surface area contributed by atoms with E-state index >= 15 is 0 Å². The quantitative estimate of drug-likeness (QED) is 0.790. The molecule has 1 heterocycles. The number of hydrogen-bond donors (Lipinski definition) is 0. The molecule has 0 atom stereocenters. The third-order valence-corrected chi connectivity index (χ3v) is 4.84. The third kappa shape index (κ3) is 5.58. The fraction of sp³-hybridized carbons (Fsp3) is 0.364. The van der Waals surface area contributed by atoms with Crippen molar-refractivity contribution < 1.29 is 14.3 Å².